The van der Waals surface area contributed by atoms with Crippen molar-refractivity contribution in [2.75, 3.05) is 10.6 Å². The van der Waals surface area contributed by atoms with Crippen LogP contribution < -0.4 is 10.6 Å². The molecule has 0 radical (unpaired) electrons. The van der Waals surface area contributed by atoms with E-state index in [2.05, 4.69) is 52.5 Å². The number of halogens is 1. The van der Waals surface area contributed by atoms with E-state index >= 15 is 0 Å². The lowest BCUT2D eigenvalue weighted by molar-refractivity contribution is 1.36. The highest BCUT2D eigenvalue weighted by Crippen LogP contribution is 2.25. The lowest BCUT2D eigenvalue weighted by Gasteiger charge is -2.15. The Hall–Kier alpha value is -1.39. The second-order valence-corrected chi connectivity index (χ2v) is 5.68. The Kier molecular flexibility index (Phi) is 4.56. The van der Waals surface area contributed by atoms with Gasteiger partial charge in [-0.1, -0.05) is 34.1 Å². The zero-order valence-electron chi connectivity index (χ0n) is 10.8. The Balaban J connectivity index is 2.12. The summed E-state index contributed by atoms with van der Waals surface area (Å²) in [7, 11) is 0. The van der Waals surface area contributed by atoms with E-state index in [0.29, 0.717) is 5.11 Å². The van der Waals surface area contributed by atoms with Crippen LogP contribution in [0.25, 0.3) is 0 Å². The number of hydrogen-bond acceptors (Lipinski definition) is 1. The molecule has 0 aliphatic carbocycles. The van der Waals surface area contributed by atoms with Gasteiger partial charge in [0, 0.05) is 15.8 Å². The van der Waals surface area contributed by atoms with Crippen LogP contribution in [0.5, 0.6) is 0 Å². The van der Waals surface area contributed by atoms with Gasteiger partial charge in [0.25, 0.3) is 0 Å². The molecular weight excluding hydrogens is 320 g/mol. The molecule has 2 N–H and O–H groups in total. The fraction of sp³-hybridized carbons (Fsp3) is 0.133. The molecule has 2 nitrogen and oxygen atoms in total. The molecule has 0 amide bonds. The van der Waals surface area contributed by atoms with Crippen LogP contribution in [0.1, 0.15) is 11.1 Å². The normalized spacial score (nSPS) is 10.1. The van der Waals surface area contributed by atoms with E-state index < -0.39 is 0 Å². The molecule has 0 spiro atoms. The van der Waals surface area contributed by atoms with E-state index in [4.69, 9.17) is 12.2 Å². The van der Waals surface area contributed by atoms with Crippen LogP contribution >= 0.6 is 28.1 Å². The van der Waals surface area contributed by atoms with Gasteiger partial charge in [-0.05, 0) is 61.5 Å². The molecule has 2 aromatic rings. The summed E-state index contributed by atoms with van der Waals surface area (Å²) in [6, 6.07) is 14.0. The van der Waals surface area contributed by atoms with Crippen LogP contribution in [0.15, 0.2) is 46.9 Å². The van der Waals surface area contributed by atoms with Crippen molar-refractivity contribution in [3.8, 4) is 0 Å². The van der Waals surface area contributed by atoms with Gasteiger partial charge in [-0.25, -0.2) is 0 Å². The summed E-state index contributed by atoms with van der Waals surface area (Å²) in [6.45, 7) is 4.12. The van der Waals surface area contributed by atoms with Crippen LogP contribution in [-0.4, -0.2) is 5.11 Å². The topological polar surface area (TPSA) is 24.1 Å². The molecule has 4 heteroatoms. The first-order chi connectivity index (χ1) is 9.06. The third-order valence-electron chi connectivity index (χ3n) is 2.77. The number of nitrogens with one attached hydrogen (secondary N) is 2. The van der Waals surface area contributed by atoms with Crippen molar-refractivity contribution in [3.63, 3.8) is 0 Å². The molecule has 0 aliphatic rings. The molecule has 0 fully saturated rings. The first kappa shape index (κ1) is 14.0. The molecule has 0 saturated carbocycles. The quantitative estimate of drug-likeness (QED) is 0.765. The fourth-order valence-electron chi connectivity index (χ4n) is 1.91. The minimum atomic E-state index is 0.597. The van der Waals surface area contributed by atoms with Crippen molar-refractivity contribution in [2.45, 2.75) is 13.8 Å². The summed E-state index contributed by atoms with van der Waals surface area (Å²) in [5.74, 6) is 0. The van der Waals surface area contributed by atoms with Gasteiger partial charge in [-0.2, -0.15) is 0 Å². The van der Waals surface area contributed by atoms with E-state index in [-0.39, 0.29) is 0 Å². The van der Waals surface area contributed by atoms with E-state index in [1.165, 1.54) is 0 Å². The van der Waals surface area contributed by atoms with Crippen molar-refractivity contribution < 1.29 is 0 Å². The predicted octanol–water partition coefficient (Wildman–Crippen LogP) is 4.87. The van der Waals surface area contributed by atoms with Crippen molar-refractivity contribution >= 4 is 44.6 Å². The highest BCUT2D eigenvalue weighted by atomic mass is 79.9. The minimum Gasteiger partial charge on any atom is -0.332 e. The Morgan fingerprint density at radius 3 is 2.16 bits per heavy atom. The van der Waals surface area contributed by atoms with Crippen LogP contribution in [0.2, 0.25) is 0 Å². The summed E-state index contributed by atoms with van der Waals surface area (Å²) >= 11 is 8.83. The summed E-state index contributed by atoms with van der Waals surface area (Å²) in [5.41, 5.74) is 4.34. The number of aryl methyl sites for hydroxylation is 2. The van der Waals surface area contributed by atoms with Gasteiger partial charge in [-0.15, -0.1) is 0 Å². The smallest absolute Gasteiger partial charge is 0.175 e. The largest absolute Gasteiger partial charge is 0.332 e. The first-order valence-corrected chi connectivity index (χ1v) is 7.16. The maximum atomic E-state index is 5.34. The molecule has 0 aliphatic heterocycles. The second-order valence-electron chi connectivity index (χ2n) is 4.36. The minimum absolute atomic E-state index is 0.597. The van der Waals surface area contributed by atoms with E-state index in [9.17, 15) is 0 Å². The summed E-state index contributed by atoms with van der Waals surface area (Å²) < 4.78 is 1.08. The SMILES string of the molecule is Cc1cc(Br)cc(C)c1NC(=S)Nc1ccccc1. The third kappa shape index (κ3) is 3.78. The van der Waals surface area contributed by atoms with Crippen molar-refractivity contribution in [1.82, 2.24) is 0 Å². The molecule has 0 saturated heterocycles. The number of anilines is 2. The Morgan fingerprint density at radius 1 is 1.00 bits per heavy atom. The fourth-order valence-corrected chi connectivity index (χ4v) is 2.81. The maximum Gasteiger partial charge on any atom is 0.175 e. The molecule has 0 atom stereocenters. The van der Waals surface area contributed by atoms with Gasteiger partial charge in [0.1, 0.15) is 0 Å². The molecule has 0 heterocycles. The average molecular weight is 335 g/mol. The highest BCUT2D eigenvalue weighted by Gasteiger charge is 2.06. The van der Waals surface area contributed by atoms with Crippen molar-refractivity contribution in [1.29, 1.82) is 0 Å². The predicted molar refractivity (Wildman–Crippen MR) is 89.9 cm³/mol. The second kappa shape index (κ2) is 6.17. The van der Waals surface area contributed by atoms with Gasteiger partial charge in [0.05, 0.1) is 0 Å². The van der Waals surface area contributed by atoms with Gasteiger partial charge in [-0.3, -0.25) is 0 Å². The number of hydrogen-bond donors (Lipinski definition) is 2. The summed E-state index contributed by atoms with van der Waals surface area (Å²) in [4.78, 5) is 0. The Morgan fingerprint density at radius 2 is 1.58 bits per heavy atom. The van der Waals surface area contributed by atoms with Gasteiger partial charge in [0.2, 0.25) is 0 Å². The number of benzene rings is 2. The Bertz CT molecular complexity index is 573. The molecule has 0 aromatic heterocycles. The number of thiocarbonyl (C=S) groups is 1. The molecule has 2 rings (SSSR count). The van der Waals surface area contributed by atoms with Gasteiger partial charge in [0.15, 0.2) is 5.11 Å². The first-order valence-electron chi connectivity index (χ1n) is 5.96. The van der Waals surface area contributed by atoms with E-state index in [1.807, 2.05) is 30.3 Å². The molecule has 2 aromatic carbocycles. The third-order valence-corrected chi connectivity index (χ3v) is 3.43. The monoisotopic (exact) mass is 334 g/mol. The highest BCUT2D eigenvalue weighted by molar-refractivity contribution is 9.10. The van der Waals surface area contributed by atoms with Crippen LogP contribution in [0, 0.1) is 13.8 Å². The van der Waals surface area contributed by atoms with Crippen LogP contribution in [0.3, 0.4) is 0 Å². The Labute approximate surface area is 127 Å². The van der Waals surface area contributed by atoms with Gasteiger partial charge >= 0.3 is 0 Å². The van der Waals surface area contributed by atoms with Gasteiger partial charge < -0.3 is 10.6 Å². The average Bonchev–Trinajstić information content (AvgIpc) is 2.35. The molecular formula is C15H15BrN2S. The zero-order valence-corrected chi connectivity index (χ0v) is 13.2. The number of rotatable bonds is 2. The summed E-state index contributed by atoms with van der Waals surface area (Å²) in [5, 5.41) is 7.02. The van der Waals surface area contributed by atoms with E-state index in [1.54, 1.807) is 0 Å². The lowest BCUT2D eigenvalue weighted by Crippen LogP contribution is -2.20. The maximum absolute atomic E-state index is 5.34. The van der Waals surface area contributed by atoms with Crippen molar-refractivity contribution in [3.05, 3.63) is 58.1 Å². The molecule has 19 heavy (non-hydrogen) atoms. The standard InChI is InChI=1S/C15H15BrN2S/c1-10-8-12(16)9-11(2)14(10)18-15(19)17-13-6-4-3-5-7-13/h3-9H,1-2H3,(H2,17,18,19). The zero-order chi connectivity index (χ0) is 13.8. The summed E-state index contributed by atoms with van der Waals surface area (Å²) in [6.07, 6.45) is 0. The lowest BCUT2D eigenvalue weighted by atomic mass is 10.1. The molecule has 0 unspecified atom stereocenters. The van der Waals surface area contributed by atoms with Crippen molar-refractivity contribution in [2.24, 2.45) is 0 Å². The van der Waals surface area contributed by atoms with E-state index in [0.717, 1.165) is 27.0 Å². The van der Waals surface area contributed by atoms with Crippen LogP contribution in [-0.2, 0) is 0 Å². The molecule has 98 valence electrons. The van der Waals surface area contributed by atoms with Crippen LogP contribution in [0.4, 0.5) is 11.4 Å². The number of para-hydroxylation sites is 1. The molecule has 0 bridgehead atoms.